The molecule has 0 atom stereocenters. The van der Waals surface area contributed by atoms with Gasteiger partial charge in [-0.3, -0.25) is 0 Å². The highest BCUT2D eigenvalue weighted by Crippen LogP contribution is 2.13. The van der Waals surface area contributed by atoms with Gasteiger partial charge in [0.2, 0.25) is 0 Å². The van der Waals surface area contributed by atoms with Gasteiger partial charge in [0.1, 0.15) is 0 Å². The third-order valence-corrected chi connectivity index (χ3v) is 4.87. The Balaban J connectivity index is 3.00. The maximum atomic E-state index is 2.41. The zero-order chi connectivity index (χ0) is 16.8. The molecule has 0 spiro atoms. The molecule has 0 unspecified atom stereocenters. The number of allylic oxidation sites excluding steroid dienone is 2. The Morgan fingerprint density at radius 3 is 1.00 bits per heavy atom. The number of hydrogen-bond donors (Lipinski definition) is 0. The molecule has 0 radical (unpaired) electrons. The first-order chi connectivity index (χ1) is 11.4. The normalized spacial score (nSPS) is 11.6. The van der Waals surface area contributed by atoms with Crippen molar-refractivity contribution in [1.29, 1.82) is 0 Å². The molecule has 0 aliphatic rings. The first-order valence-corrected chi connectivity index (χ1v) is 11.1. The van der Waals surface area contributed by atoms with E-state index in [9.17, 15) is 0 Å². The van der Waals surface area contributed by atoms with Gasteiger partial charge in [-0.2, -0.15) is 0 Å². The highest BCUT2D eigenvalue weighted by atomic mass is 14.0. The summed E-state index contributed by atoms with van der Waals surface area (Å²) in [6.45, 7) is 4.57. The molecule has 0 aliphatic heterocycles. The molecule has 0 nitrogen and oxygen atoms in total. The van der Waals surface area contributed by atoms with Crippen LogP contribution in [0, 0.1) is 0 Å². The van der Waals surface area contributed by atoms with Gasteiger partial charge in [0.25, 0.3) is 0 Å². The molecule has 0 aromatic heterocycles. The second kappa shape index (κ2) is 21.7. The summed E-state index contributed by atoms with van der Waals surface area (Å²) in [7, 11) is 0. The van der Waals surface area contributed by atoms with Crippen molar-refractivity contribution >= 4 is 0 Å². The zero-order valence-electron chi connectivity index (χ0n) is 16.6. The van der Waals surface area contributed by atoms with Gasteiger partial charge in [-0.05, 0) is 25.7 Å². The molecule has 0 rings (SSSR count). The molecular formula is C23H46. The van der Waals surface area contributed by atoms with Crippen LogP contribution in [-0.4, -0.2) is 0 Å². The van der Waals surface area contributed by atoms with E-state index in [4.69, 9.17) is 0 Å². The van der Waals surface area contributed by atoms with Crippen LogP contribution in [0.15, 0.2) is 12.2 Å². The lowest BCUT2D eigenvalue weighted by molar-refractivity contribution is 0.536. The fourth-order valence-corrected chi connectivity index (χ4v) is 3.20. The molecule has 0 N–H and O–H groups in total. The van der Waals surface area contributed by atoms with Crippen LogP contribution < -0.4 is 0 Å². The zero-order valence-corrected chi connectivity index (χ0v) is 16.6. The topological polar surface area (TPSA) is 0 Å². The van der Waals surface area contributed by atoms with Gasteiger partial charge in [-0.25, -0.2) is 0 Å². The summed E-state index contributed by atoms with van der Waals surface area (Å²) in [5.41, 5.74) is 0. The van der Waals surface area contributed by atoms with Gasteiger partial charge in [-0.15, -0.1) is 0 Å². The van der Waals surface area contributed by atoms with Crippen molar-refractivity contribution < 1.29 is 0 Å². The highest BCUT2D eigenvalue weighted by Gasteiger charge is 1.93. The Morgan fingerprint density at radius 1 is 0.348 bits per heavy atom. The average Bonchev–Trinajstić information content (AvgIpc) is 2.57. The third kappa shape index (κ3) is 21.7. The highest BCUT2D eigenvalue weighted by molar-refractivity contribution is 4.81. The minimum Gasteiger partial charge on any atom is -0.0885 e. The molecule has 0 saturated carbocycles. The van der Waals surface area contributed by atoms with E-state index in [0.717, 1.165) is 0 Å². The molecule has 0 aliphatic carbocycles. The number of rotatable bonds is 19. The van der Waals surface area contributed by atoms with Crippen molar-refractivity contribution in [3.8, 4) is 0 Å². The molecule has 0 heteroatoms. The van der Waals surface area contributed by atoms with Gasteiger partial charge in [-0.1, -0.05) is 122 Å². The summed E-state index contributed by atoms with van der Waals surface area (Å²) in [6, 6.07) is 0. The summed E-state index contributed by atoms with van der Waals surface area (Å²) < 4.78 is 0. The molecular weight excluding hydrogens is 276 g/mol. The average molecular weight is 323 g/mol. The number of hydrogen-bond acceptors (Lipinski definition) is 0. The Hall–Kier alpha value is -0.260. The molecule has 0 fully saturated rings. The SMILES string of the molecule is CCCCC/C=C\CCCCCCCCCCCCCCCC. The Morgan fingerprint density at radius 2 is 0.609 bits per heavy atom. The van der Waals surface area contributed by atoms with Crippen molar-refractivity contribution in [2.24, 2.45) is 0 Å². The van der Waals surface area contributed by atoms with E-state index < -0.39 is 0 Å². The van der Waals surface area contributed by atoms with E-state index in [-0.39, 0.29) is 0 Å². The van der Waals surface area contributed by atoms with E-state index in [0.29, 0.717) is 0 Å². The molecule has 0 aromatic carbocycles. The van der Waals surface area contributed by atoms with Crippen LogP contribution in [0.2, 0.25) is 0 Å². The molecule has 0 bridgehead atoms. The van der Waals surface area contributed by atoms with E-state index in [1.807, 2.05) is 0 Å². The van der Waals surface area contributed by atoms with Crippen LogP contribution in [0.4, 0.5) is 0 Å². The lowest BCUT2D eigenvalue weighted by atomic mass is 10.0. The van der Waals surface area contributed by atoms with Crippen molar-refractivity contribution in [3.63, 3.8) is 0 Å². The predicted molar refractivity (Wildman–Crippen MR) is 108 cm³/mol. The Kier molecular flexibility index (Phi) is 21.5. The fourth-order valence-electron chi connectivity index (χ4n) is 3.20. The molecule has 23 heavy (non-hydrogen) atoms. The number of unbranched alkanes of at least 4 members (excludes halogenated alkanes) is 17. The second-order valence-corrected chi connectivity index (χ2v) is 7.35. The Labute approximate surface area is 148 Å². The summed E-state index contributed by atoms with van der Waals surface area (Å²) in [5, 5.41) is 0. The van der Waals surface area contributed by atoms with E-state index in [1.165, 1.54) is 122 Å². The fraction of sp³-hybridized carbons (Fsp3) is 0.913. The Bertz CT molecular complexity index is 216. The lowest BCUT2D eigenvalue weighted by Crippen LogP contribution is -1.83. The van der Waals surface area contributed by atoms with E-state index in [2.05, 4.69) is 26.0 Å². The van der Waals surface area contributed by atoms with Crippen molar-refractivity contribution in [1.82, 2.24) is 0 Å². The van der Waals surface area contributed by atoms with Gasteiger partial charge >= 0.3 is 0 Å². The maximum Gasteiger partial charge on any atom is -0.0351 e. The molecule has 0 amide bonds. The van der Waals surface area contributed by atoms with Crippen molar-refractivity contribution in [3.05, 3.63) is 12.2 Å². The summed E-state index contributed by atoms with van der Waals surface area (Å²) in [4.78, 5) is 0. The van der Waals surface area contributed by atoms with Gasteiger partial charge < -0.3 is 0 Å². The van der Waals surface area contributed by atoms with Crippen molar-refractivity contribution in [2.45, 2.75) is 136 Å². The standard InChI is InChI=1S/C23H46/c1-3-5-7-9-11-13-15-17-19-21-23-22-20-18-16-14-12-10-8-6-4-2/h11,13H,3-10,12,14-23H2,1-2H3/b13-11-. The maximum absolute atomic E-state index is 2.41. The molecule has 0 aromatic rings. The molecule has 0 saturated heterocycles. The minimum atomic E-state index is 1.30. The quantitative estimate of drug-likeness (QED) is 0.164. The van der Waals surface area contributed by atoms with Crippen LogP contribution in [-0.2, 0) is 0 Å². The largest absolute Gasteiger partial charge is 0.0885 e. The minimum absolute atomic E-state index is 1.30. The van der Waals surface area contributed by atoms with Crippen LogP contribution in [0.25, 0.3) is 0 Å². The monoisotopic (exact) mass is 322 g/mol. The van der Waals surface area contributed by atoms with Crippen LogP contribution in [0.5, 0.6) is 0 Å². The lowest BCUT2D eigenvalue weighted by Gasteiger charge is -2.02. The predicted octanol–water partition coefficient (Wildman–Crippen LogP) is 8.99. The van der Waals surface area contributed by atoms with Gasteiger partial charge in [0, 0.05) is 0 Å². The summed E-state index contributed by atoms with van der Waals surface area (Å²) in [6.07, 6.45) is 31.9. The van der Waals surface area contributed by atoms with Crippen LogP contribution in [0.3, 0.4) is 0 Å². The van der Waals surface area contributed by atoms with Crippen LogP contribution >= 0.6 is 0 Å². The molecule has 138 valence electrons. The van der Waals surface area contributed by atoms with E-state index in [1.54, 1.807) is 0 Å². The van der Waals surface area contributed by atoms with Crippen molar-refractivity contribution in [2.75, 3.05) is 0 Å². The third-order valence-electron chi connectivity index (χ3n) is 4.87. The summed E-state index contributed by atoms with van der Waals surface area (Å²) in [5.74, 6) is 0. The van der Waals surface area contributed by atoms with Gasteiger partial charge in [0.15, 0.2) is 0 Å². The van der Waals surface area contributed by atoms with E-state index >= 15 is 0 Å². The van der Waals surface area contributed by atoms with Crippen LogP contribution in [0.1, 0.15) is 136 Å². The second-order valence-electron chi connectivity index (χ2n) is 7.35. The molecule has 0 heterocycles. The first kappa shape index (κ1) is 22.7. The first-order valence-electron chi connectivity index (χ1n) is 11.1. The summed E-state index contributed by atoms with van der Waals surface area (Å²) >= 11 is 0. The van der Waals surface area contributed by atoms with Gasteiger partial charge in [0.05, 0.1) is 0 Å². The smallest absolute Gasteiger partial charge is 0.0351 e.